The number of aryl methyl sites for hydroxylation is 4. The minimum absolute atomic E-state index is 0.0511. The molecule has 2 heterocycles. The molecule has 0 unspecified atom stereocenters. The molecule has 28 heavy (non-hydrogen) atoms. The van der Waals surface area contributed by atoms with E-state index in [4.69, 9.17) is 0 Å². The molecular formula is C21H26BrN5O. The van der Waals surface area contributed by atoms with Gasteiger partial charge in [-0.3, -0.25) is 14.2 Å². The number of hydrogen-bond donors (Lipinski definition) is 1. The molecule has 0 aliphatic rings. The molecule has 6 nitrogen and oxygen atoms in total. The maximum Gasteiger partial charge on any atom is 0.251 e. The SMILES string of the molecule is Cc1cc(C)n(CCCNC(=O)c2cccc(Cn3nc(C)c(Br)c3C)c2)n1. The summed E-state index contributed by atoms with van der Waals surface area (Å²) >= 11 is 3.56. The Bertz CT molecular complexity index is 989. The Kier molecular flexibility index (Phi) is 6.34. The standard InChI is InChI=1S/C21H26BrN5O/c1-14-11-15(2)26(24-14)10-6-9-23-21(28)19-8-5-7-18(12-19)13-27-17(4)20(22)16(3)25-27/h5,7-8,11-12H,6,9-10,13H2,1-4H3,(H,23,28). The van der Waals surface area contributed by atoms with Gasteiger partial charge in [-0.15, -0.1) is 0 Å². The van der Waals surface area contributed by atoms with E-state index in [-0.39, 0.29) is 5.91 Å². The summed E-state index contributed by atoms with van der Waals surface area (Å²) in [7, 11) is 0. The number of benzene rings is 1. The van der Waals surface area contributed by atoms with E-state index in [0.29, 0.717) is 18.7 Å². The first-order valence-corrected chi connectivity index (χ1v) is 10.2. The average Bonchev–Trinajstić information content (AvgIpc) is 3.11. The summed E-state index contributed by atoms with van der Waals surface area (Å²) in [6, 6.07) is 9.77. The van der Waals surface area contributed by atoms with Crippen LogP contribution in [0.2, 0.25) is 0 Å². The zero-order valence-corrected chi connectivity index (χ0v) is 18.4. The summed E-state index contributed by atoms with van der Waals surface area (Å²) in [5.74, 6) is -0.0511. The molecule has 0 spiro atoms. The van der Waals surface area contributed by atoms with Gasteiger partial charge in [0.1, 0.15) is 0 Å². The van der Waals surface area contributed by atoms with Crippen molar-refractivity contribution in [3.05, 3.63) is 68.7 Å². The lowest BCUT2D eigenvalue weighted by molar-refractivity contribution is 0.0952. The highest BCUT2D eigenvalue weighted by Gasteiger charge is 2.11. The Morgan fingerprint density at radius 2 is 1.89 bits per heavy atom. The smallest absolute Gasteiger partial charge is 0.251 e. The van der Waals surface area contributed by atoms with Crippen molar-refractivity contribution in [2.24, 2.45) is 0 Å². The largest absolute Gasteiger partial charge is 0.352 e. The van der Waals surface area contributed by atoms with Gasteiger partial charge in [-0.25, -0.2) is 0 Å². The summed E-state index contributed by atoms with van der Waals surface area (Å²) in [6.45, 7) is 10.1. The molecule has 2 aromatic heterocycles. The van der Waals surface area contributed by atoms with Gasteiger partial charge in [-0.2, -0.15) is 10.2 Å². The topological polar surface area (TPSA) is 64.7 Å². The van der Waals surface area contributed by atoms with Crippen molar-refractivity contribution in [3.8, 4) is 0 Å². The van der Waals surface area contributed by atoms with E-state index in [1.807, 2.05) is 61.3 Å². The number of nitrogens with one attached hydrogen (secondary N) is 1. The molecule has 0 aliphatic carbocycles. The van der Waals surface area contributed by atoms with Gasteiger partial charge in [0.2, 0.25) is 0 Å². The van der Waals surface area contributed by atoms with Gasteiger partial charge in [0.25, 0.3) is 5.91 Å². The number of halogens is 1. The van der Waals surface area contributed by atoms with E-state index in [1.54, 1.807) is 0 Å². The predicted octanol–water partition coefficient (Wildman–Crippen LogP) is 3.94. The number of rotatable bonds is 7. The molecule has 0 saturated heterocycles. The number of carbonyl (C=O) groups is 1. The molecule has 148 valence electrons. The van der Waals surface area contributed by atoms with Crippen molar-refractivity contribution in [3.63, 3.8) is 0 Å². The Balaban J connectivity index is 1.56. The van der Waals surface area contributed by atoms with E-state index in [2.05, 4.69) is 37.5 Å². The monoisotopic (exact) mass is 443 g/mol. The van der Waals surface area contributed by atoms with Gasteiger partial charge in [-0.1, -0.05) is 12.1 Å². The predicted molar refractivity (Wildman–Crippen MR) is 114 cm³/mol. The molecule has 7 heteroatoms. The van der Waals surface area contributed by atoms with Crippen LogP contribution in [0.25, 0.3) is 0 Å². The Morgan fingerprint density at radius 1 is 1.11 bits per heavy atom. The number of nitrogens with zero attached hydrogens (tertiary/aromatic N) is 4. The van der Waals surface area contributed by atoms with Gasteiger partial charge >= 0.3 is 0 Å². The lowest BCUT2D eigenvalue weighted by Gasteiger charge is -2.09. The highest BCUT2D eigenvalue weighted by molar-refractivity contribution is 9.10. The van der Waals surface area contributed by atoms with E-state index in [1.165, 1.54) is 0 Å². The molecule has 1 N–H and O–H groups in total. The molecule has 1 amide bonds. The third kappa shape index (κ3) is 4.70. The van der Waals surface area contributed by atoms with Crippen LogP contribution in [-0.4, -0.2) is 32.0 Å². The average molecular weight is 444 g/mol. The summed E-state index contributed by atoms with van der Waals surface area (Å²) < 4.78 is 4.96. The zero-order valence-electron chi connectivity index (χ0n) is 16.8. The quantitative estimate of drug-likeness (QED) is 0.562. The normalized spacial score (nSPS) is 11.0. The molecule has 0 aliphatic heterocycles. The molecule has 3 rings (SSSR count). The van der Waals surface area contributed by atoms with Gasteiger partial charge in [-0.05, 0) is 73.8 Å². The van der Waals surface area contributed by atoms with Crippen LogP contribution < -0.4 is 5.32 Å². The zero-order chi connectivity index (χ0) is 20.3. The minimum Gasteiger partial charge on any atom is -0.352 e. The Hall–Kier alpha value is -2.41. The molecule has 0 atom stereocenters. The maximum absolute atomic E-state index is 12.5. The van der Waals surface area contributed by atoms with Gasteiger partial charge in [0, 0.05) is 24.3 Å². The molecule has 0 radical (unpaired) electrons. The van der Waals surface area contributed by atoms with Crippen molar-refractivity contribution in [2.45, 2.75) is 47.2 Å². The second kappa shape index (κ2) is 8.73. The van der Waals surface area contributed by atoms with Crippen molar-refractivity contribution < 1.29 is 4.79 Å². The van der Waals surface area contributed by atoms with Crippen molar-refractivity contribution in [1.82, 2.24) is 24.9 Å². The van der Waals surface area contributed by atoms with Gasteiger partial charge < -0.3 is 5.32 Å². The molecular weight excluding hydrogens is 418 g/mol. The summed E-state index contributed by atoms with van der Waals surface area (Å²) in [5, 5.41) is 12.0. The van der Waals surface area contributed by atoms with Gasteiger partial charge in [0.15, 0.2) is 0 Å². The van der Waals surface area contributed by atoms with Crippen molar-refractivity contribution >= 4 is 21.8 Å². The third-order valence-corrected chi connectivity index (χ3v) is 5.90. The highest BCUT2D eigenvalue weighted by atomic mass is 79.9. The number of aromatic nitrogens is 4. The van der Waals surface area contributed by atoms with Crippen LogP contribution in [0.3, 0.4) is 0 Å². The van der Waals surface area contributed by atoms with Crippen LogP contribution in [0.4, 0.5) is 0 Å². The fraction of sp³-hybridized carbons (Fsp3) is 0.381. The van der Waals surface area contributed by atoms with E-state index in [0.717, 1.165) is 45.8 Å². The summed E-state index contributed by atoms with van der Waals surface area (Å²) in [6.07, 6.45) is 0.840. The first kappa shape index (κ1) is 20.3. The van der Waals surface area contributed by atoms with E-state index < -0.39 is 0 Å². The molecule has 0 fully saturated rings. The Morgan fingerprint density at radius 3 is 2.54 bits per heavy atom. The number of carbonyl (C=O) groups excluding carboxylic acids is 1. The van der Waals surface area contributed by atoms with Crippen molar-refractivity contribution in [1.29, 1.82) is 0 Å². The number of amides is 1. The first-order chi connectivity index (χ1) is 13.3. The van der Waals surface area contributed by atoms with Crippen LogP contribution >= 0.6 is 15.9 Å². The summed E-state index contributed by atoms with van der Waals surface area (Å²) in [5.41, 5.74) is 5.93. The fourth-order valence-electron chi connectivity index (χ4n) is 3.25. The second-order valence-electron chi connectivity index (χ2n) is 7.10. The van der Waals surface area contributed by atoms with E-state index >= 15 is 0 Å². The fourth-order valence-corrected chi connectivity index (χ4v) is 3.53. The molecule has 0 bridgehead atoms. The first-order valence-electron chi connectivity index (χ1n) is 9.43. The third-order valence-electron chi connectivity index (χ3n) is 4.75. The molecule has 3 aromatic rings. The highest BCUT2D eigenvalue weighted by Crippen LogP contribution is 2.20. The van der Waals surface area contributed by atoms with Crippen molar-refractivity contribution in [2.75, 3.05) is 6.54 Å². The van der Waals surface area contributed by atoms with Crippen LogP contribution in [0.5, 0.6) is 0 Å². The second-order valence-corrected chi connectivity index (χ2v) is 7.90. The van der Waals surface area contributed by atoms with Crippen LogP contribution in [0.15, 0.2) is 34.8 Å². The number of hydrogen-bond acceptors (Lipinski definition) is 3. The minimum atomic E-state index is -0.0511. The Labute approximate surface area is 174 Å². The maximum atomic E-state index is 12.5. The molecule has 1 aromatic carbocycles. The lowest BCUT2D eigenvalue weighted by atomic mass is 10.1. The summed E-state index contributed by atoms with van der Waals surface area (Å²) in [4.78, 5) is 12.5. The van der Waals surface area contributed by atoms with Crippen LogP contribution in [0, 0.1) is 27.7 Å². The molecule has 0 saturated carbocycles. The lowest BCUT2D eigenvalue weighted by Crippen LogP contribution is -2.25. The van der Waals surface area contributed by atoms with E-state index in [9.17, 15) is 4.79 Å². The van der Waals surface area contributed by atoms with Crippen LogP contribution in [-0.2, 0) is 13.1 Å². The van der Waals surface area contributed by atoms with Crippen LogP contribution in [0.1, 0.15) is 45.1 Å². The van der Waals surface area contributed by atoms with Gasteiger partial charge in [0.05, 0.1) is 28.1 Å².